The van der Waals surface area contributed by atoms with Crippen molar-refractivity contribution in [1.82, 2.24) is 0 Å². The highest BCUT2D eigenvalue weighted by Gasteiger charge is 2.47. The summed E-state index contributed by atoms with van der Waals surface area (Å²) in [6, 6.07) is 0. The maximum Gasteiger partial charge on any atom is 0.319 e. The van der Waals surface area contributed by atoms with Gasteiger partial charge in [-0.25, -0.2) is 0 Å². The van der Waals surface area contributed by atoms with Crippen LogP contribution in [0.3, 0.4) is 0 Å². The second kappa shape index (κ2) is 14.0. The third kappa shape index (κ3) is 7.57. The van der Waals surface area contributed by atoms with E-state index < -0.39 is 5.41 Å². The average Bonchev–Trinajstić information content (AvgIpc) is 2.86. The third-order valence-corrected chi connectivity index (χ3v) is 10.0. The Kier molecular flexibility index (Phi) is 11.4. The van der Waals surface area contributed by atoms with Gasteiger partial charge < -0.3 is 4.74 Å². The summed E-state index contributed by atoms with van der Waals surface area (Å²) in [5, 5.41) is 0. The first-order chi connectivity index (χ1) is 16.5. The molecule has 2 atom stereocenters. The van der Waals surface area contributed by atoms with E-state index in [1.807, 2.05) is 6.92 Å². The van der Waals surface area contributed by atoms with E-state index in [-0.39, 0.29) is 11.8 Å². The van der Waals surface area contributed by atoms with Crippen LogP contribution in [0.1, 0.15) is 143 Å². The molecule has 196 valence electrons. The molecule has 0 aromatic rings. The minimum Gasteiger partial charge on any atom is -0.465 e. The minimum atomic E-state index is -0.893. The van der Waals surface area contributed by atoms with Crippen LogP contribution in [0.15, 0.2) is 0 Å². The predicted molar refractivity (Wildman–Crippen MR) is 141 cm³/mol. The zero-order chi connectivity index (χ0) is 24.4. The van der Waals surface area contributed by atoms with Gasteiger partial charge in [-0.15, -0.1) is 0 Å². The highest BCUT2D eigenvalue weighted by Crippen LogP contribution is 2.47. The number of hydrogen-bond acceptors (Lipinski definition) is 3. The van der Waals surface area contributed by atoms with Crippen molar-refractivity contribution in [2.45, 2.75) is 143 Å². The van der Waals surface area contributed by atoms with Crippen LogP contribution < -0.4 is 0 Å². The predicted octanol–water partition coefficient (Wildman–Crippen LogP) is 8.68. The average molecular weight is 475 g/mol. The number of unbranched alkanes of at least 4 members (excludes halogenated alkanes) is 5. The van der Waals surface area contributed by atoms with Gasteiger partial charge in [0.25, 0.3) is 0 Å². The number of ether oxygens (including phenoxy) is 1. The molecule has 0 aromatic carbocycles. The summed E-state index contributed by atoms with van der Waals surface area (Å²) in [7, 11) is 0. The van der Waals surface area contributed by atoms with Crippen molar-refractivity contribution in [3.05, 3.63) is 0 Å². The van der Waals surface area contributed by atoms with Crippen LogP contribution in [0, 0.1) is 35.0 Å². The van der Waals surface area contributed by atoms with Gasteiger partial charge in [0.05, 0.1) is 6.61 Å². The van der Waals surface area contributed by atoms with Crippen LogP contribution in [-0.4, -0.2) is 18.4 Å². The molecular formula is C31H54O3. The highest BCUT2D eigenvalue weighted by atomic mass is 16.5. The summed E-state index contributed by atoms with van der Waals surface area (Å²) in [6.07, 6.45) is 24.0. The zero-order valence-electron chi connectivity index (χ0n) is 22.8. The van der Waals surface area contributed by atoms with E-state index in [2.05, 4.69) is 13.8 Å². The number of carbonyl (C=O) groups excluding carboxylic acids is 2. The quantitative estimate of drug-likeness (QED) is 0.161. The molecule has 0 N–H and O–H groups in total. The molecule has 0 heterocycles. The van der Waals surface area contributed by atoms with Gasteiger partial charge in [-0.1, -0.05) is 71.6 Å². The van der Waals surface area contributed by atoms with Gasteiger partial charge in [0.15, 0.2) is 0 Å². The lowest BCUT2D eigenvalue weighted by Gasteiger charge is -2.42. The van der Waals surface area contributed by atoms with Crippen LogP contribution in [0.25, 0.3) is 0 Å². The molecule has 0 spiro atoms. The molecule has 0 bridgehead atoms. The standard InChI is InChI=1S/C31H54O3/c1-4-6-8-9-10-11-24-12-14-25(15-13-24)26-16-18-27(19-17-26)28-20-21-31(3,29(32)23-28)30(33)34-22-7-5-2/h24-28H,4-23H2,1-3H3/t24?,25?,26?,27?,28?,31-/m0/s1. The fourth-order valence-corrected chi connectivity index (χ4v) is 7.34. The number of Topliss-reactive ketones (excluding diaryl/α,β-unsaturated/α-hetero) is 1. The van der Waals surface area contributed by atoms with Gasteiger partial charge in [-0.05, 0) is 94.3 Å². The molecular weight excluding hydrogens is 420 g/mol. The first kappa shape index (κ1) is 27.7. The van der Waals surface area contributed by atoms with Crippen molar-refractivity contribution >= 4 is 11.8 Å². The molecule has 34 heavy (non-hydrogen) atoms. The van der Waals surface area contributed by atoms with E-state index in [1.54, 1.807) is 0 Å². The second-order valence-electron chi connectivity index (χ2n) is 12.4. The van der Waals surface area contributed by atoms with Crippen LogP contribution in [-0.2, 0) is 14.3 Å². The molecule has 3 saturated carbocycles. The second-order valence-corrected chi connectivity index (χ2v) is 12.4. The van der Waals surface area contributed by atoms with Gasteiger partial charge in [-0.2, -0.15) is 0 Å². The molecule has 3 aliphatic carbocycles. The summed E-state index contributed by atoms with van der Waals surface area (Å²) in [4.78, 5) is 25.6. The number of esters is 1. The van der Waals surface area contributed by atoms with Gasteiger partial charge in [0.2, 0.25) is 0 Å². The van der Waals surface area contributed by atoms with Gasteiger partial charge >= 0.3 is 5.97 Å². The third-order valence-electron chi connectivity index (χ3n) is 10.0. The highest BCUT2D eigenvalue weighted by molar-refractivity contribution is 6.04. The maximum absolute atomic E-state index is 13.0. The Labute approximate surface area is 210 Å². The molecule has 3 fully saturated rings. The van der Waals surface area contributed by atoms with Crippen LogP contribution in [0.5, 0.6) is 0 Å². The Bertz CT molecular complexity index is 612. The minimum absolute atomic E-state index is 0.139. The Morgan fingerprint density at radius 1 is 0.765 bits per heavy atom. The summed E-state index contributed by atoms with van der Waals surface area (Å²) in [6.45, 7) is 6.67. The normalized spacial score (nSPS) is 34.7. The lowest BCUT2D eigenvalue weighted by Crippen LogP contribution is -2.44. The summed E-state index contributed by atoms with van der Waals surface area (Å²) in [5.41, 5.74) is -0.893. The number of carbonyl (C=O) groups is 2. The zero-order valence-corrected chi connectivity index (χ0v) is 22.8. The SMILES string of the molecule is CCCCCCCC1CCC(C2CCC(C3CC[C@](C)(C(=O)OCCCC)C(=O)C3)CC2)CC1. The molecule has 0 radical (unpaired) electrons. The van der Waals surface area contributed by atoms with Crippen molar-refractivity contribution < 1.29 is 14.3 Å². The Balaban J connectivity index is 1.35. The van der Waals surface area contributed by atoms with Crippen molar-refractivity contribution in [3.8, 4) is 0 Å². The van der Waals surface area contributed by atoms with Crippen molar-refractivity contribution in [3.63, 3.8) is 0 Å². The van der Waals surface area contributed by atoms with Crippen LogP contribution >= 0.6 is 0 Å². The van der Waals surface area contributed by atoms with E-state index in [9.17, 15) is 9.59 Å². The van der Waals surface area contributed by atoms with Gasteiger partial charge in [0, 0.05) is 6.42 Å². The Hall–Kier alpha value is -0.860. The smallest absolute Gasteiger partial charge is 0.319 e. The molecule has 1 unspecified atom stereocenters. The molecule has 3 heteroatoms. The van der Waals surface area contributed by atoms with Crippen molar-refractivity contribution in [1.29, 1.82) is 0 Å². The summed E-state index contributed by atoms with van der Waals surface area (Å²) < 4.78 is 5.44. The fourth-order valence-electron chi connectivity index (χ4n) is 7.34. The van der Waals surface area contributed by atoms with Crippen LogP contribution in [0.2, 0.25) is 0 Å². The largest absolute Gasteiger partial charge is 0.465 e. The Morgan fingerprint density at radius 3 is 1.91 bits per heavy atom. The van der Waals surface area contributed by atoms with Gasteiger partial charge in [0.1, 0.15) is 11.2 Å². The number of rotatable bonds is 12. The molecule has 3 nitrogen and oxygen atoms in total. The van der Waals surface area contributed by atoms with E-state index in [0.717, 1.165) is 37.0 Å². The molecule has 0 saturated heterocycles. The topological polar surface area (TPSA) is 43.4 Å². The van der Waals surface area contributed by atoms with Crippen molar-refractivity contribution in [2.24, 2.45) is 35.0 Å². The fraction of sp³-hybridized carbons (Fsp3) is 0.935. The van der Waals surface area contributed by atoms with Crippen molar-refractivity contribution in [2.75, 3.05) is 6.61 Å². The van der Waals surface area contributed by atoms with E-state index in [4.69, 9.17) is 4.74 Å². The first-order valence-electron chi connectivity index (χ1n) is 15.2. The molecule has 0 aliphatic heterocycles. The monoisotopic (exact) mass is 474 g/mol. The summed E-state index contributed by atoms with van der Waals surface area (Å²) >= 11 is 0. The van der Waals surface area contributed by atoms with E-state index in [0.29, 0.717) is 31.3 Å². The molecule has 3 aliphatic rings. The lowest BCUT2D eigenvalue weighted by atomic mass is 9.62. The van der Waals surface area contributed by atoms with E-state index >= 15 is 0 Å². The Morgan fingerprint density at radius 2 is 1.32 bits per heavy atom. The summed E-state index contributed by atoms with van der Waals surface area (Å²) in [5.74, 6) is 3.95. The van der Waals surface area contributed by atoms with Crippen LogP contribution in [0.4, 0.5) is 0 Å². The molecule has 3 rings (SSSR count). The number of ketones is 1. The first-order valence-corrected chi connectivity index (χ1v) is 15.2. The molecule has 0 amide bonds. The van der Waals surface area contributed by atoms with E-state index in [1.165, 1.54) is 89.9 Å². The molecule has 0 aromatic heterocycles. The lowest BCUT2D eigenvalue weighted by molar-refractivity contribution is -0.162. The van der Waals surface area contributed by atoms with Gasteiger partial charge in [-0.3, -0.25) is 9.59 Å². The number of hydrogen-bond donors (Lipinski definition) is 0. The maximum atomic E-state index is 13.0.